The van der Waals surface area contributed by atoms with E-state index in [2.05, 4.69) is 20.1 Å². The fraction of sp³-hybridized carbons (Fsp3) is 0.364. The Bertz CT molecular complexity index is 506. The molecule has 0 aliphatic heterocycles. The van der Waals surface area contributed by atoms with Gasteiger partial charge < -0.3 is 10.1 Å². The Labute approximate surface area is 109 Å². The van der Waals surface area contributed by atoms with Crippen molar-refractivity contribution in [2.75, 3.05) is 20.2 Å². The third-order valence-electron chi connectivity index (χ3n) is 2.77. The molecule has 1 rings (SSSR count). The molecule has 0 fully saturated rings. The SMILES string of the molecule is COc1ccc(C(C=N)(CN=[N+]=[N-])CN=[N+]=[N-])cc1. The standard InChI is InChI=1S/C11H13N7O/c1-19-10-4-2-9(3-5-10)11(6-12,7-15-17-13)8-16-18-14/h2-6,12H,7-8H2,1H3. The van der Waals surface area contributed by atoms with E-state index in [0.717, 1.165) is 11.8 Å². The molecule has 0 atom stereocenters. The van der Waals surface area contributed by atoms with Crippen molar-refractivity contribution >= 4 is 6.21 Å². The molecule has 8 heteroatoms. The number of benzene rings is 1. The molecule has 0 saturated carbocycles. The molecule has 98 valence electrons. The summed E-state index contributed by atoms with van der Waals surface area (Å²) < 4.78 is 5.06. The number of rotatable bonds is 7. The molecule has 0 bridgehead atoms. The summed E-state index contributed by atoms with van der Waals surface area (Å²) in [6.07, 6.45) is 1.14. The smallest absolute Gasteiger partial charge is 0.118 e. The summed E-state index contributed by atoms with van der Waals surface area (Å²) in [7, 11) is 1.55. The molecular weight excluding hydrogens is 246 g/mol. The van der Waals surface area contributed by atoms with Gasteiger partial charge in [0.05, 0.1) is 7.11 Å². The Morgan fingerprint density at radius 3 is 2.11 bits per heavy atom. The Morgan fingerprint density at radius 1 is 1.21 bits per heavy atom. The second-order valence-electron chi connectivity index (χ2n) is 3.81. The van der Waals surface area contributed by atoms with Gasteiger partial charge in [-0.05, 0) is 28.8 Å². The van der Waals surface area contributed by atoms with Crippen molar-refractivity contribution in [3.63, 3.8) is 0 Å². The molecule has 0 heterocycles. The van der Waals surface area contributed by atoms with Gasteiger partial charge >= 0.3 is 0 Å². The minimum absolute atomic E-state index is 0.0123. The molecule has 0 aliphatic carbocycles. The second-order valence-corrected chi connectivity index (χ2v) is 3.81. The van der Waals surface area contributed by atoms with Crippen LogP contribution in [-0.2, 0) is 5.41 Å². The highest BCUT2D eigenvalue weighted by atomic mass is 16.5. The van der Waals surface area contributed by atoms with Crippen LogP contribution in [0.2, 0.25) is 0 Å². The number of azide groups is 2. The average molecular weight is 259 g/mol. The maximum atomic E-state index is 8.44. The average Bonchev–Trinajstić information content (AvgIpc) is 2.48. The second kappa shape index (κ2) is 6.90. The van der Waals surface area contributed by atoms with Gasteiger partial charge in [-0.25, -0.2) is 0 Å². The van der Waals surface area contributed by atoms with Crippen molar-refractivity contribution in [2.24, 2.45) is 10.2 Å². The van der Waals surface area contributed by atoms with Crippen LogP contribution in [0, 0.1) is 5.41 Å². The van der Waals surface area contributed by atoms with Crippen LogP contribution in [0.1, 0.15) is 5.56 Å². The van der Waals surface area contributed by atoms with Crippen molar-refractivity contribution in [1.29, 1.82) is 5.41 Å². The molecule has 0 spiro atoms. The molecule has 1 N–H and O–H groups in total. The highest BCUT2D eigenvalue weighted by molar-refractivity contribution is 5.72. The first-order valence-corrected chi connectivity index (χ1v) is 5.40. The van der Waals surface area contributed by atoms with Crippen LogP contribution in [0.5, 0.6) is 5.75 Å². The zero-order chi connectivity index (χ0) is 14.1. The van der Waals surface area contributed by atoms with Crippen LogP contribution in [0.4, 0.5) is 0 Å². The highest BCUT2D eigenvalue weighted by Gasteiger charge is 2.28. The number of hydrogen-bond acceptors (Lipinski definition) is 4. The minimum atomic E-state index is -0.926. The summed E-state index contributed by atoms with van der Waals surface area (Å²) in [5.74, 6) is 0.676. The van der Waals surface area contributed by atoms with E-state index >= 15 is 0 Å². The lowest BCUT2D eigenvalue weighted by Crippen LogP contribution is -2.34. The number of hydrogen-bond donors (Lipinski definition) is 1. The first-order chi connectivity index (χ1) is 9.22. The summed E-state index contributed by atoms with van der Waals surface area (Å²) in [5.41, 5.74) is 16.7. The van der Waals surface area contributed by atoms with E-state index in [1.165, 1.54) is 0 Å². The maximum Gasteiger partial charge on any atom is 0.118 e. The monoisotopic (exact) mass is 259 g/mol. The zero-order valence-corrected chi connectivity index (χ0v) is 10.4. The summed E-state index contributed by atoms with van der Waals surface area (Å²) in [6.45, 7) is 0.0245. The minimum Gasteiger partial charge on any atom is -0.497 e. The Balaban J connectivity index is 3.21. The lowest BCUT2D eigenvalue weighted by Gasteiger charge is -2.26. The Hall–Kier alpha value is -2.69. The van der Waals surface area contributed by atoms with E-state index in [1.54, 1.807) is 31.4 Å². The molecule has 0 aliphatic rings. The van der Waals surface area contributed by atoms with Gasteiger partial charge in [-0.1, -0.05) is 22.4 Å². The van der Waals surface area contributed by atoms with Gasteiger partial charge in [-0.3, -0.25) is 0 Å². The third-order valence-corrected chi connectivity index (χ3v) is 2.77. The van der Waals surface area contributed by atoms with Gasteiger partial charge in [0.15, 0.2) is 0 Å². The quantitative estimate of drug-likeness (QED) is 0.342. The zero-order valence-electron chi connectivity index (χ0n) is 10.4. The van der Waals surface area contributed by atoms with E-state index in [9.17, 15) is 0 Å². The van der Waals surface area contributed by atoms with Crippen LogP contribution in [0.15, 0.2) is 34.5 Å². The molecule has 1 aromatic carbocycles. The van der Waals surface area contributed by atoms with Gasteiger partial charge in [0.25, 0.3) is 0 Å². The third kappa shape index (κ3) is 3.38. The molecule has 0 aromatic heterocycles. The number of methoxy groups -OCH3 is 1. The number of nitrogens with zero attached hydrogens (tertiary/aromatic N) is 6. The first-order valence-electron chi connectivity index (χ1n) is 5.40. The molecule has 8 nitrogen and oxygen atoms in total. The molecule has 1 aromatic rings. The van der Waals surface area contributed by atoms with Crippen molar-refractivity contribution in [3.8, 4) is 5.75 Å². The molecule has 0 unspecified atom stereocenters. The topological polar surface area (TPSA) is 131 Å². The van der Waals surface area contributed by atoms with Gasteiger partial charge in [-0.2, -0.15) is 0 Å². The van der Waals surface area contributed by atoms with E-state index in [4.69, 9.17) is 21.2 Å². The van der Waals surface area contributed by atoms with Crippen LogP contribution in [0.3, 0.4) is 0 Å². The summed E-state index contributed by atoms with van der Waals surface area (Å²) in [6, 6.07) is 6.98. The molecule has 0 saturated heterocycles. The summed E-state index contributed by atoms with van der Waals surface area (Å²) in [4.78, 5) is 5.40. The predicted molar refractivity (Wildman–Crippen MR) is 71.5 cm³/mol. The van der Waals surface area contributed by atoms with Crippen LogP contribution in [0.25, 0.3) is 20.9 Å². The predicted octanol–water partition coefficient (Wildman–Crippen LogP) is 3.20. The van der Waals surface area contributed by atoms with Crippen LogP contribution < -0.4 is 4.74 Å². The van der Waals surface area contributed by atoms with Crippen molar-refractivity contribution < 1.29 is 4.74 Å². The van der Waals surface area contributed by atoms with E-state index in [1.807, 2.05) is 0 Å². The molecule has 0 radical (unpaired) electrons. The number of nitrogens with one attached hydrogen (secondary N) is 1. The van der Waals surface area contributed by atoms with Crippen LogP contribution >= 0.6 is 0 Å². The van der Waals surface area contributed by atoms with Gasteiger partial charge in [-0.15, -0.1) is 0 Å². The van der Waals surface area contributed by atoms with Crippen molar-refractivity contribution in [1.82, 2.24) is 0 Å². The van der Waals surface area contributed by atoms with Gasteiger partial charge in [0.2, 0.25) is 0 Å². The van der Waals surface area contributed by atoms with Gasteiger partial charge in [0, 0.05) is 34.5 Å². The van der Waals surface area contributed by atoms with E-state index < -0.39 is 5.41 Å². The van der Waals surface area contributed by atoms with Crippen molar-refractivity contribution in [2.45, 2.75) is 5.41 Å². The van der Waals surface area contributed by atoms with Crippen LogP contribution in [-0.4, -0.2) is 26.4 Å². The Kier molecular flexibility index (Phi) is 5.22. The fourth-order valence-electron chi connectivity index (χ4n) is 1.65. The lowest BCUT2D eigenvalue weighted by molar-refractivity contribution is 0.414. The summed E-state index contributed by atoms with van der Waals surface area (Å²) in [5, 5.41) is 14.6. The van der Waals surface area contributed by atoms with E-state index in [0.29, 0.717) is 5.75 Å². The number of ether oxygens (including phenoxy) is 1. The van der Waals surface area contributed by atoms with E-state index in [-0.39, 0.29) is 13.1 Å². The summed E-state index contributed by atoms with van der Waals surface area (Å²) >= 11 is 0. The highest BCUT2D eigenvalue weighted by Crippen LogP contribution is 2.26. The largest absolute Gasteiger partial charge is 0.497 e. The normalized spacial score (nSPS) is 12.5. The first kappa shape index (κ1) is 14.4. The van der Waals surface area contributed by atoms with Crippen molar-refractivity contribution in [3.05, 3.63) is 50.7 Å². The van der Waals surface area contributed by atoms with Gasteiger partial charge in [0.1, 0.15) is 5.75 Å². The lowest BCUT2D eigenvalue weighted by atomic mass is 9.81. The molecular formula is C11H13N7O. The Morgan fingerprint density at radius 2 is 1.74 bits per heavy atom. The fourth-order valence-corrected chi connectivity index (χ4v) is 1.65. The molecule has 19 heavy (non-hydrogen) atoms. The molecule has 0 amide bonds. The maximum absolute atomic E-state index is 8.44.